The van der Waals surface area contributed by atoms with E-state index >= 15 is 0 Å². The molecule has 1 aromatic rings. The summed E-state index contributed by atoms with van der Waals surface area (Å²) < 4.78 is 6.37. The van der Waals surface area contributed by atoms with Gasteiger partial charge in [0.1, 0.15) is 5.76 Å². The van der Waals surface area contributed by atoms with Crippen LogP contribution in [0, 0.1) is 11.8 Å². The lowest BCUT2D eigenvalue weighted by molar-refractivity contribution is 0.221. The molecule has 0 radical (unpaired) electrons. The van der Waals surface area contributed by atoms with Gasteiger partial charge in [-0.2, -0.15) is 0 Å². The van der Waals surface area contributed by atoms with Gasteiger partial charge in [0, 0.05) is 12.5 Å². The molecule has 1 saturated carbocycles. The molecular formula is C12H18BrNO. The molecule has 2 N–H and O–H groups in total. The smallest absolute Gasteiger partial charge is 0.169 e. The van der Waals surface area contributed by atoms with Crippen molar-refractivity contribution >= 4 is 15.9 Å². The van der Waals surface area contributed by atoms with E-state index in [4.69, 9.17) is 10.2 Å². The highest BCUT2D eigenvalue weighted by molar-refractivity contribution is 9.10. The van der Waals surface area contributed by atoms with Gasteiger partial charge in [-0.1, -0.05) is 6.92 Å². The Hall–Kier alpha value is -0.280. The van der Waals surface area contributed by atoms with Crippen molar-refractivity contribution in [1.82, 2.24) is 0 Å². The second kappa shape index (κ2) is 4.71. The Labute approximate surface area is 99.3 Å². The standard InChI is InChI=1S/C12H18BrNO/c1-8-2-3-10(14)6-9(8)7-11-4-5-12(13)15-11/h4-5,8-10H,2-3,6-7,14H2,1H3. The molecule has 3 atom stereocenters. The van der Waals surface area contributed by atoms with E-state index in [-0.39, 0.29) is 0 Å². The van der Waals surface area contributed by atoms with Gasteiger partial charge in [-0.15, -0.1) is 0 Å². The average molecular weight is 272 g/mol. The van der Waals surface area contributed by atoms with Crippen LogP contribution in [0.15, 0.2) is 21.2 Å². The van der Waals surface area contributed by atoms with Crippen molar-refractivity contribution in [2.24, 2.45) is 17.6 Å². The molecule has 3 heteroatoms. The van der Waals surface area contributed by atoms with Crippen LogP contribution in [0.3, 0.4) is 0 Å². The SMILES string of the molecule is CC1CCC(N)CC1Cc1ccc(Br)o1. The van der Waals surface area contributed by atoms with E-state index in [1.165, 1.54) is 12.8 Å². The Kier molecular flexibility index (Phi) is 3.52. The molecule has 2 nitrogen and oxygen atoms in total. The van der Waals surface area contributed by atoms with Crippen molar-refractivity contribution < 1.29 is 4.42 Å². The number of furan rings is 1. The molecule has 1 aromatic heterocycles. The first-order valence-electron chi connectivity index (χ1n) is 5.65. The van der Waals surface area contributed by atoms with Gasteiger partial charge in [0.15, 0.2) is 4.67 Å². The number of rotatable bonds is 2. The highest BCUT2D eigenvalue weighted by Gasteiger charge is 2.26. The van der Waals surface area contributed by atoms with Crippen LogP contribution < -0.4 is 5.73 Å². The fraction of sp³-hybridized carbons (Fsp3) is 0.667. The van der Waals surface area contributed by atoms with Crippen molar-refractivity contribution in [3.8, 4) is 0 Å². The topological polar surface area (TPSA) is 39.2 Å². The van der Waals surface area contributed by atoms with Gasteiger partial charge >= 0.3 is 0 Å². The summed E-state index contributed by atoms with van der Waals surface area (Å²) in [6, 6.07) is 4.41. The number of nitrogens with two attached hydrogens (primary N) is 1. The first-order valence-corrected chi connectivity index (χ1v) is 6.44. The average Bonchev–Trinajstić information content (AvgIpc) is 2.58. The van der Waals surface area contributed by atoms with Crippen LogP contribution >= 0.6 is 15.9 Å². The Morgan fingerprint density at radius 3 is 2.93 bits per heavy atom. The fourth-order valence-corrected chi connectivity index (χ4v) is 2.80. The van der Waals surface area contributed by atoms with Crippen molar-refractivity contribution in [2.45, 2.75) is 38.6 Å². The second-order valence-corrected chi connectivity index (χ2v) is 5.50. The largest absolute Gasteiger partial charge is 0.454 e. The number of hydrogen-bond acceptors (Lipinski definition) is 2. The summed E-state index contributed by atoms with van der Waals surface area (Å²) in [5, 5.41) is 0. The molecule has 0 saturated heterocycles. The van der Waals surface area contributed by atoms with Crippen LogP contribution in [-0.4, -0.2) is 6.04 Å². The number of hydrogen-bond donors (Lipinski definition) is 1. The van der Waals surface area contributed by atoms with Gasteiger partial charge in [0.2, 0.25) is 0 Å². The molecule has 15 heavy (non-hydrogen) atoms. The normalized spacial score (nSPS) is 31.8. The van der Waals surface area contributed by atoms with Gasteiger partial charge < -0.3 is 10.2 Å². The predicted octanol–water partition coefficient (Wildman–Crippen LogP) is 3.35. The zero-order chi connectivity index (χ0) is 10.8. The van der Waals surface area contributed by atoms with E-state index in [0.717, 1.165) is 29.2 Å². The Bertz CT molecular complexity index is 323. The third kappa shape index (κ3) is 2.85. The maximum Gasteiger partial charge on any atom is 0.169 e. The lowest BCUT2D eigenvalue weighted by Gasteiger charge is -2.32. The minimum atomic E-state index is 0.393. The van der Waals surface area contributed by atoms with Crippen LogP contribution in [0.4, 0.5) is 0 Å². The summed E-state index contributed by atoms with van der Waals surface area (Å²) in [6.07, 6.45) is 4.60. The molecule has 0 aliphatic heterocycles. The van der Waals surface area contributed by atoms with Crippen molar-refractivity contribution in [3.05, 3.63) is 22.6 Å². The van der Waals surface area contributed by atoms with Crippen LogP contribution in [0.2, 0.25) is 0 Å². The Morgan fingerprint density at radius 2 is 2.27 bits per heavy atom. The van der Waals surface area contributed by atoms with Crippen LogP contribution in [-0.2, 0) is 6.42 Å². The molecule has 1 aliphatic carbocycles. The van der Waals surface area contributed by atoms with E-state index in [9.17, 15) is 0 Å². The first-order chi connectivity index (χ1) is 7.15. The lowest BCUT2D eigenvalue weighted by atomic mass is 9.76. The van der Waals surface area contributed by atoms with Crippen LogP contribution in [0.5, 0.6) is 0 Å². The molecular weight excluding hydrogens is 254 g/mol. The van der Waals surface area contributed by atoms with E-state index < -0.39 is 0 Å². The van der Waals surface area contributed by atoms with Crippen LogP contribution in [0.1, 0.15) is 31.9 Å². The first kappa shape index (κ1) is 11.2. The third-order valence-corrected chi connectivity index (χ3v) is 3.92. The highest BCUT2D eigenvalue weighted by atomic mass is 79.9. The Balaban J connectivity index is 1.98. The summed E-state index contributed by atoms with van der Waals surface area (Å²) >= 11 is 3.33. The maximum atomic E-state index is 6.01. The molecule has 1 heterocycles. The van der Waals surface area contributed by atoms with Crippen molar-refractivity contribution in [3.63, 3.8) is 0 Å². The molecule has 0 spiro atoms. The predicted molar refractivity (Wildman–Crippen MR) is 64.6 cm³/mol. The van der Waals surface area contributed by atoms with Gasteiger partial charge in [-0.25, -0.2) is 0 Å². The minimum absolute atomic E-state index is 0.393. The molecule has 2 rings (SSSR count). The van der Waals surface area contributed by atoms with Crippen LogP contribution in [0.25, 0.3) is 0 Å². The van der Waals surface area contributed by atoms with E-state index in [0.29, 0.717) is 12.0 Å². The van der Waals surface area contributed by atoms with E-state index in [2.05, 4.69) is 28.9 Å². The summed E-state index contributed by atoms with van der Waals surface area (Å²) in [7, 11) is 0. The van der Waals surface area contributed by atoms with E-state index in [1.54, 1.807) is 0 Å². The molecule has 1 aliphatic rings. The molecule has 1 fully saturated rings. The minimum Gasteiger partial charge on any atom is -0.454 e. The molecule has 0 amide bonds. The summed E-state index contributed by atoms with van der Waals surface area (Å²) in [4.78, 5) is 0. The van der Waals surface area contributed by atoms with Gasteiger partial charge in [-0.05, 0) is 59.2 Å². The highest BCUT2D eigenvalue weighted by Crippen LogP contribution is 2.32. The zero-order valence-corrected chi connectivity index (χ0v) is 10.7. The quantitative estimate of drug-likeness (QED) is 0.896. The zero-order valence-electron chi connectivity index (χ0n) is 9.08. The Morgan fingerprint density at radius 1 is 1.47 bits per heavy atom. The summed E-state index contributed by atoms with van der Waals surface area (Å²) in [6.45, 7) is 2.33. The van der Waals surface area contributed by atoms with Gasteiger partial charge in [0.05, 0.1) is 0 Å². The molecule has 3 unspecified atom stereocenters. The lowest BCUT2D eigenvalue weighted by Crippen LogP contribution is -2.33. The summed E-state index contributed by atoms with van der Waals surface area (Å²) in [5.41, 5.74) is 6.01. The molecule has 0 bridgehead atoms. The number of halogens is 1. The third-order valence-electron chi connectivity index (χ3n) is 3.50. The van der Waals surface area contributed by atoms with E-state index in [1.807, 2.05) is 6.07 Å². The van der Waals surface area contributed by atoms with Gasteiger partial charge in [0.25, 0.3) is 0 Å². The van der Waals surface area contributed by atoms with Crippen molar-refractivity contribution in [2.75, 3.05) is 0 Å². The van der Waals surface area contributed by atoms with Gasteiger partial charge in [-0.3, -0.25) is 0 Å². The monoisotopic (exact) mass is 271 g/mol. The molecule has 0 aromatic carbocycles. The fourth-order valence-electron chi connectivity index (χ4n) is 2.46. The summed E-state index contributed by atoms with van der Waals surface area (Å²) in [5.74, 6) is 2.54. The van der Waals surface area contributed by atoms with Crippen molar-refractivity contribution in [1.29, 1.82) is 0 Å². The molecule has 84 valence electrons. The maximum absolute atomic E-state index is 6.01. The second-order valence-electron chi connectivity index (χ2n) is 4.72.